The van der Waals surface area contributed by atoms with E-state index in [9.17, 15) is 4.79 Å². The molecule has 0 spiro atoms. The molecule has 0 radical (unpaired) electrons. The number of hydrogen-bond donors (Lipinski definition) is 1. The lowest BCUT2D eigenvalue weighted by atomic mass is 10.0. The smallest absolute Gasteiger partial charge is 0.240 e. The molecule has 0 bridgehead atoms. The molecule has 0 aromatic heterocycles. The van der Waals surface area contributed by atoms with E-state index in [0.29, 0.717) is 11.4 Å². The van der Waals surface area contributed by atoms with Gasteiger partial charge in [-0.25, -0.2) is 0 Å². The molecule has 2 rings (SSSR count). The van der Waals surface area contributed by atoms with E-state index in [2.05, 4.69) is 6.92 Å². The van der Waals surface area contributed by atoms with Gasteiger partial charge in [0.15, 0.2) is 0 Å². The molecular weight excluding hydrogens is 196 g/mol. The highest BCUT2D eigenvalue weighted by Crippen LogP contribution is 2.33. The number of hydrogen-bond acceptors (Lipinski definition) is 3. The van der Waals surface area contributed by atoms with Gasteiger partial charge in [0.2, 0.25) is 5.91 Å². The fraction of sp³-hybridized carbons (Fsp3) is 0.900. The highest BCUT2D eigenvalue weighted by atomic mass is 32.2. The van der Waals surface area contributed by atoms with Gasteiger partial charge in [0.05, 0.1) is 11.4 Å². The van der Waals surface area contributed by atoms with Crippen molar-refractivity contribution in [3.63, 3.8) is 0 Å². The minimum absolute atomic E-state index is 0.173. The largest absolute Gasteiger partial charge is 0.327 e. The third-order valence-electron chi connectivity index (χ3n) is 3.17. The van der Waals surface area contributed by atoms with Gasteiger partial charge >= 0.3 is 0 Å². The Balaban J connectivity index is 2.18. The van der Waals surface area contributed by atoms with E-state index in [4.69, 9.17) is 5.73 Å². The molecule has 2 aliphatic heterocycles. The first-order valence-electron chi connectivity index (χ1n) is 5.39. The number of nitrogens with zero attached hydrogens (tertiary/aromatic N) is 1. The Morgan fingerprint density at radius 3 is 3.00 bits per heavy atom. The number of carbonyl (C=O) groups excluding carboxylic acids is 1. The van der Waals surface area contributed by atoms with Crippen molar-refractivity contribution < 1.29 is 4.79 Å². The molecule has 0 aromatic rings. The van der Waals surface area contributed by atoms with Gasteiger partial charge in [0.25, 0.3) is 0 Å². The van der Waals surface area contributed by atoms with Gasteiger partial charge in [-0.05, 0) is 38.4 Å². The van der Waals surface area contributed by atoms with E-state index < -0.39 is 0 Å². The Morgan fingerprint density at radius 1 is 1.43 bits per heavy atom. The van der Waals surface area contributed by atoms with E-state index >= 15 is 0 Å². The standard InChI is InChI=1S/C10H18N2OS/c1-7-3-2-4-9-12(7)10(13)8(11)5-6-14-9/h7-9H,2-6,11H2,1H3/t7-,8+,9?/m1/s1. The predicted octanol–water partition coefficient (Wildman–Crippen LogP) is 1.18. The topological polar surface area (TPSA) is 46.3 Å². The Morgan fingerprint density at radius 2 is 2.21 bits per heavy atom. The van der Waals surface area contributed by atoms with Crippen LogP contribution in [-0.2, 0) is 4.79 Å². The maximum atomic E-state index is 12.0. The molecule has 3 atom stereocenters. The maximum Gasteiger partial charge on any atom is 0.240 e. The molecule has 2 saturated heterocycles. The van der Waals surface area contributed by atoms with Crippen LogP contribution in [-0.4, -0.2) is 34.0 Å². The summed E-state index contributed by atoms with van der Waals surface area (Å²) in [4.78, 5) is 14.0. The van der Waals surface area contributed by atoms with Crippen molar-refractivity contribution in [1.29, 1.82) is 0 Å². The Labute approximate surface area is 89.4 Å². The summed E-state index contributed by atoms with van der Waals surface area (Å²) in [6.45, 7) is 2.14. The van der Waals surface area contributed by atoms with Crippen LogP contribution in [0.2, 0.25) is 0 Å². The van der Waals surface area contributed by atoms with Gasteiger partial charge in [-0.3, -0.25) is 4.79 Å². The number of rotatable bonds is 0. The second-order valence-corrected chi connectivity index (χ2v) is 5.53. The van der Waals surface area contributed by atoms with Crippen molar-refractivity contribution in [2.75, 3.05) is 5.75 Å². The van der Waals surface area contributed by atoms with Crippen LogP contribution in [0.4, 0.5) is 0 Å². The molecule has 2 heterocycles. The second-order valence-electron chi connectivity index (χ2n) is 4.25. The first-order valence-corrected chi connectivity index (χ1v) is 6.44. The van der Waals surface area contributed by atoms with Crippen molar-refractivity contribution in [2.24, 2.45) is 5.73 Å². The molecule has 80 valence electrons. The van der Waals surface area contributed by atoms with Gasteiger partial charge in [-0.2, -0.15) is 0 Å². The number of nitrogens with two attached hydrogens (primary N) is 1. The lowest BCUT2D eigenvalue weighted by molar-refractivity contribution is -0.136. The molecule has 2 N–H and O–H groups in total. The highest BCUT2D eigenvalue weighted by molar-refractivity contribution is 7.99. The van der Waals surface area contributed by atoms with E-state index in [0.717, 1.165) is 25.0 Å². The number of amides is 1. The minimum atomic E-state index is -0.256. The zero-order chi connectivity index (χ0) is 10.1. The highest BCUT2D eigenvalue weighted by Gasteiger charge is 2.36. The molecule has 4 heteroatoms. The van der Waals surface area contributed by atoms with Crippen LogP contribution in [0.1, 0.15) is 32.6 Å². The Hall–Kier alpha value is -0.220. The van der Waals surface area contributed by atoms with Gasteiger partial charge in [-0.1, -0.05) is 0 Å². The van der Waals surface area contributed by atoms with Crippen LogP contribution < -0.4 is 5.73 Å². The zero-order valence-electron chi connectivity index (χ0n) is 8.61. The molecule has 3 nitrogen and oxygen atoms in total. The first kappa shape index (κ1) is 10.3. The molecule has 1 unspecified atom stereocenters. The van der Waals surface area contributed by atoms with Crippen LogP contribution in [0.5, 0.6) is 0 Å². The summed E-state index contributed by atoms with van der Waals surface area (Å²) in [7, 11) is 0. The third-order valence-corrected chi connectivity index (χ3v) is 4.49. The number of carbonyl (C=O) groups is 1. The van der Waals surface area contributed by atoms with Crippen molar-refractivity contribution in [2.45, 2.75) is 50.1 Å². The average Bonchev–Trinajstić information content (AvgIpc) is 2.29. The summed E-state index contributed by atoms with van der Waals surface area (Å²) in [6, 6.07) is 0.131. The summed E-state index contributed by atoms with van der Waals surface area (Å²) in [5, 5.41) is 0.403. The average molecular weight is 214 g/mol. The Kier molecular flexibility index (Phi) is 3.02. The number of thioether (sulfide) groups is 1. The summed E-state index contributed by atoms with van der Waals surface area (Å²) in [5.74, 6) is 1.20. The van der Waals surface area contributed by atoms with E-state index in [1.807, 2.05) is 16.7 Å². The summed E-state index contributed by atoms with van der Waals surface area (Å²) < 4.78 is 0. The van der Waals surface area contributed by atoms with Crippen molar-refractivity contribution in [3.8, 4) is 0 Å². The van der Waals surface area contributed by atoms with Gasteiger partial charge in [-0.15, -0.1) is 11.8 Å². The first-order chi connectivity index (χ1) is 6.70. The second kappa shape index (κ2) is 4.11. The fourth-order valence-corrected chi connectivity index (χ4v) is 3.79. The fourth-order valence-electron chi connectivity index (χ4n) is 2.32. The summed E-state index contributed by atoms with van der Waals surface area (Å²) in [6.07, 6.45) is 4.37. The van der Waals surface area contributed by atoms with Crippen LogP contribution in [0, 0.1) is 0 Å². The minimum Gasteiger partial charge on any atom is -0.327 e. The molecular formula is C10H18N2OS. The van der Waals surface area contributed by atoms with Crippen LogP contribution in [0.25, 0.3) is 0 Å². The van der Waals surface area contributed by atoms with E-state index in [1.165, 1.54) is 6.42 Å². The molecule has 1 amide bonds. The van der Waals surface area contributed by atoms with Crippen LogP contribution >= 0.6 is 11.8 Å². The Bertz CT molecular complexity index is 234. The van der Waals surface area contributed by atoms with Crippen LogP contribution in [0.3, 0.4) is 0 Å². The van der Waals surface area contributed by atoms with Gasteiger partial charge in [0.1, 0.15) is 0 Å². The van der Waals surface area contributed by atoms with Crippen LogP contribution in [0.15, 0.2) is 0 Å². The van der Waals surface area contributed by atoms with Crippen molar-refractivity contribution >= 4 is 17.7 Å². The molecule has 2 fully saturated rings. The molecule has 0 saturated carbocycles. The molecule has 0 aliphatic carbocycles. The zero-order valence-corrected chi connectivity index (χ0v) is 9.43. The summed E-state index contributed by atoms with van der Waals surface area (Å²) in [5.41, 5.74) is 5.84. The molecule has 14 heavy (non-hydrogen) atoms. The SMILES string of the molecule is C[C@@H]1CCCC2SCC[C@H](N)C(=O)N21. The number of piperidine rings is 1. The quantitative estimate of drug-likeness (QED) is 0.658. The lowest BCUT2D eigenvalue weighted by Crippen LogP contribution is -2.51. The van der Waals surface area contributed by atoms with Crippen molar-refractivity contribution in [3.05, 3.63) is 0 Å². The monoisotopic (exact) mass is 214 g/mol. The third kappa shape index (κ3) is 1.77. The summed E-state index contributed by atoms with van der Waals surface area (Å²) >= 11 is 1.90. The number of fused-ring (bicyclic) bond motifs is 1. The molecule has 0 aromatic carbocycles. The van der Waals surface area contributed by atoms with Gasteiger partial charge < -0.3 is 10.6 Å². The maximum absolute atomic E-state index is 12.0. The van der Waals surface area contributed by atoms with E-state index in [-0.39, 0.29) is 11.9 Å². The van der Waals surface area contributed by atoms with E-state index in [1.54, 1.807) is 0 Å². The van der Waals surface area contributed by atoms with Gasteiger partial charge in [0, 0.05) is 6.04 Å². The predicted molar refractivity (Wildman–Crippen MR) is 59.0 cm³/mol. The lowest BCUT2D eigenvalue weighted by Gasteiger charge is -2.39. The molecule has 2 aliphatic rings. The van der Waals surface area contributed by atoms with Crippen molar-refractivity contribution in [1.82, 2.24) is 4.90 Å². The normalized spacial score (nSPS) is 39.1.